The van der Waals surface area contributed by atoms with Gasteiger partial charge in [0.15, 0.2) is 11.4 Å². The van der Waals surface area contributed by atoms with Crippen molar-refractivity contribution in [2.24, 2.45) is 28.6 Å². The van der Waals surface area contributed by atoms with Crippen LogP contribution in [0.4, 0.5) is 0 Å². The third kappa shape index (κ3) is 1.69. The fourth-order valence-corrected chi connectivity index (χ4v) is 8.13. The minimum atomic E-state index is -0.535. The van der Waals surface area contributed by atoms with Crippen LogP contribution in [0.25, 0.3) is 0 Å². The first-order valence-corrected chi connectivity index (χ1v) is 10.3. The molecule has 0 aromatic carbocycles. The van der Waals surface area contributed by atoms with Crippen LogP contribution >= 0.6 is 0 Å². The monoisotopic (exact) mass is 344 g/mol. The number of aliphatic hydroxyl groups excluding tert-OH is 1. The van der Waals surface area contributed by atoms with Crippen LogP contribution in [0, 0.1) is 28.6 Å². The van der Waals surface area contributed by atoms with Gasteiger partial charge in [-0.25, -0.2) is 0 Å². The van der Waals surface area contributed by atoms with Crippen molar-refractivity contribution >= 4 is 5.78 Å². The molecule has 1 saturated heterocycles. The summed E-state index contributed by atoms with van der Waals surface area (Å²) in [5.74, 6) is 2.05. The topological polar surface area (TPSA) is 49.8 Å². The van der Waals surface area contributed by atoms with Crippen LogP contribution in [0.15, 0.2) is 11.6 Å². The van der Waals surface area contributed by atoms with E-state index < -0.39 is 5.60 Å². The standard InChI is InChI=1S/C22H32O3/c1-13(23)22-20(3)10-8-17-16(18(20)12-21(22,4)25-22)6-5-14-11-15(24)7-9-19(14,17)2/h8,14-16,18,24H,5-7,9-12H2,1-4H3/t14?,15?,16-,18+,19+,20+,21?,22+/m1/s1. The third-order valence-electron chi connectivity index (χ3n) is 9.38. The zero-order valence-electron chi connectivity index (χ0n) is 16.1. The van der Waals surface area contributed by atoms with E-state index in [1.54, 1.807) is 12.5 Å². The number of carbonyl (C=O) groups is 1. The van der Waals surface area contributed by atoms with Gasteiger partial charge in [0.1, 0.15) is 5.60 Å². The van der Waals surface area contributed by atoms with Gasteiger partial charge >= 0.3 is 0 Å². The van der Waals surface area contributed by atoms with Gasteiger partial charge in [0.25, 0.3) is 0 Å². The van der Waals surface area contributed by atoms with Crippen molar-refractivity contribution in [3.8, 4) is 0 Å². The zero-order valence-corrected chi connectivity index (χ0v) is 16.1. The Morgan fingerprint density at radius 1 is 1.24 bits per heavy atom. The van der Waals surface area contributed by atoms with Crippen molar-refractivity contribution in [2.45, 2.75) is 89.9 Å². The van der Waals surface area contributed by atoms with Crippen molar-refractivity contribution < 1.29 is 14.6 Å². The summed E-state index contributed by atoms with van der Waals surface area (Å²) in [5.41, 5.74) is 1.12. The zero-order chi connectivity index (χ0) is 17.8. The maximum atomic E-state index is 12.6. The van der Waals surface area contributed by atoms with Crippen molar-refractivity contribution in [1.29, 1.82) is 0 Å². The van der Waals surface area contributed by atoms with Crippen LogP contribution in [0.3, 0.4) is 0 Å². The van der Waals surface area contributed by atoms with Crippen molar-refractivity contribution in [3.63, 3.8) is 0 Å². The van der Waals surface area contributed by atoms with Crippen molar-refractivity contribution in [1.82, 2.24) is 0 Å². The Bertz CT molecular complexity index is 683. The van der Waals surface area contributed by atoms with E-state index in [4.69, 9.17) is 4.74 Å². The Balaban J connectivity index is 1.55. The molecule has 138 valence electrons. The molecule has 0 aromatic rings. The van der Waals surface area contributed by atoms with Gasteiger partial charge in [-0.1, -0.05) is 25.5 Å². The molecule has 3 unspecified atom stereocenters. The van der Waals surface area contributed by atoms with Gasteiger partial charge in [-0.05, 0) is 82.0 Å². The maximum absolute atomic E-state index is 12.6. The lowest BCUT2D eigenvalue weighted by Crippen LogP contribution is -2.52. The van der Waals surface area contributed by atoms with Gasteiger partial charge in [-0.2, -0.15) is 0 Å². The Morgan fingerprint density at radius 3 is 2.72 bits per heavy atom. The largest absolute Gasteiger partial charge is 0.393 e. The van der Waals surface area contributed by atoms with E-state index in [0.717, 1.165) is 32.1 Å². The highest BCUT2D eigenvalue weighted by atomic mass is 16.6. The predicted octanol–water partition coefficient (Wildman–Crippen LogP) is 4.04. The van der Waals surface area contributed by atoms with E-state index in [1.807, 2.05) is 0 Å². The van der Waals surface area contributed by atoms with Crippen molar-refractivity contribution in [2.75, 3.05) is 0 Å². The summed E-state index contributed by atoms with van der Waals surface area (Å²) in [6.45, 7) is 8.68. The number of hydrogen-bond donors (Lipinski definition) is 1. The van der Waals surface area contributed by atoms with Crippen LogP contribution in [-0.2, 0) is 9.53 Å². The predicted molar refractivity (Wildman–Crippen MR) is 96.0 cm³/mol. The molecular formula is C22H32O3. The second kappa shape index (κ2) is 4.59. The molecule has 0 radical (unpaired) electrons. The number of carbonyl (C=O) groups excluding carboxylic acids is 1. The summed E-state index contributed by atoms with van der Waals surface area (Å²) in [4.78, 5) is 12.6. The summed E-state index contributed by atoms with van der Waals surface area (Å²) in [6.07, 6.45) is 9.90. The summed E-state index contributed by atoms with van der Waals surface area (Å²) in [5, 5.41) is 10.1. The number of ether oxygens (including phenoxy) is 1. The van der Waals surface area contributed by atoms with E-state index in [9.17, 15) is 9.90 Å². The molecule has 3 saturated carbocycles. The number of rotatable bonds is 1. The number of Topliss-reactive ketones (excluding diaryl/α,β-unsaturated/α-hetero) is 1. The highest BCUT2D eigenvalue weighted by Crippen LogP contribution is 2.76. The summed E-state index contributed by atoms with van der Waals surface area (Å²) in [6, 6.07) is 0. The first-order valence-electron chi connectivity index (χ1n) is 10.3. The minimum absolute atomic E-state index is 0.0425. The van der Waals surface area contributed by atoms with E-state index in [0.29, 0.717) is 17.8 Å². The molecule has 1 aliphatic heterocycles. The summed E-state index contributed by atoms with van der Waals surface area (Å²) in [7, 11) is 0. The lowest BCUT2D eigenvalue weighted by Gasteiger charge is -2.57. The number of allylic oxidation sites excluding steroid dienone is 2. The van der Waals surface area contributed by atoms with Gasteiger partial charge in [0.05, 0.1) is 6.10 Å². The average Bonchev–Trinajstić information content (AvgIpc) is 3.13. The number of epoxide rings is 1. The Kier molecular flexibility index (Phi) is 3.03. The number of aliphatic hydroxyl groups is 1. The first kappa shape index (κ1) is 16.5. The first-order chi connectivity index (χ1) is 11.7. The average molecular weight is 344 g/mol. The lowest BCUT2D eigenvalue weighted by atomic mass is 9.48. The molecule has 1 N–H and O–H groups in total. The van der Waals surface area contributed by atoms with E-state index in [-0.39, 0.29) is 28.3 Å². The molecule has 0 spiro atoms. The third-order valence-corrected chi connectivity index (χ3v) is 9.38. The smallest absolute Gasteiger partial charge is 0.165 e. The molecule has 0 amide bonds. The molecule has 0 aromatic heterocycles. The second-order valence-corrected chi connectivity index (χ2v) is 10.4. The maximum Gasteiger partial charge on any atom is 0.165 e. The Hall–Kier alpha value is -0.670. The molecule has 5 rings (SSSR count). The molecule has 1 heterocycles. The number of fused-ring (bicyclic) bond motifs is 7. The van der Waals surface area contributed by atoms with E-state index in [2.05, 4.69) is 26.8 Å². The Morgan fingerprint density at radius 2 is 2.00 bits per heavy atom. The van der Waals surface area contributed by atoms with E-state index in [1.165, 1.54) is 12.8 Å². The number of hydrogen-bond acceptors (Lipinski definition) is 3. The quantitative estimate of drug-likeness (QED) is 0.577. The molecule has 3 heteroatoms. The van der Waals surface area contributed by atoms with E-state index >= 15 is 0 Å². The van der Waals surface area contributed by atoms with Crippen LogP contribution in [0.2, 0.25) is 0 Å². The lowest BCUT2D eigenvalue weighted by molar-refractivity contribution is -0.129. The molecule has 4 fully saturated rings. The fraction of sp³-hybridized carbons (Fsp3) is 0.864. The van der Waals surface area contributed by atoms with Crippen LogP contribution in [0.1, 0.15) is 72.6 Å². The molecule has 8 atom stereocenters. The molecule has 4 aliphatic carbocycles. The SMILES string of the molecule is CC(=O)[C@@]12OC1(C)C[C@H]1[C@@H]3CCC4CC(O)CC[C@]4(C)C3=CC[C@@]12C. The fourth-order valence-electron chi connectivity index (χ4n) is 8.13. The summed E-state index contributed by atoms with van der Waals surface area (Å²) < 4.78 is 6.18. The van der Waals surface area contributed by atoms with Gasteiger partial charge in [-0.15, -0.1) is 0 Å². The van der Waals surface area contributed by atoms with Gasteiger partial charge in [0.2, 0.25) is 0 Å². The van der Waals surface area contributed by atoms with Gasteiger partial charge < -0.3 is 9.84 Å². The van der Waals surface area contributed by atoms with Crippen molar-refractivity contribution in [3.05, 3.63) is 11.6 Å². The summed E-state index contributed by atoms with van der Waals surface area (Å²) >= 11 is 0. The molecular weight excluding hydrogens is 312 g/mol. The second-order valence-electron chi connectivity index (χ2n) is 10.4. The highest BCUT2D eigenvalue weighted by Gasteiger charge is 2.85. The molecule has 0 bridgehead atoms. The molecule has 3 nitrogen and oxygen atoms in total. The van der Waals surface area contributed by atoms with Crippen LogP contribution in [-0.4, -0.2) is 28.2 Å². The Labute approximate surface area is 151 Å². The normalized spacial score (nSPS) is 59.2. The molecule has 25 heavy (non-hydrogen) atoms. The highest BCUT2D eigenvalue weighted by molar-refractivity contribution is 5.91. The minimum Gasteiger partial charge on any atom is -0.393 e. The molecule has 5 aliphatic rings. The van der Waals surface area contributed by atoms with Crippen LogP contribution in [0.5, 0.6) is 0 Å². The van der Waals surface area contributed by atoms with Gasteiger partial charge in [0, 0.05) is 5.41 Å². The number of ketones is 1. The van der Waals surface area contributed by atoms with Crippen LogP contribution < -0.4 is 0 Å². The van der Waals surface area contributed by atoms with Gasteiger partial charge in [-0.3, -0.25) is 4.79 Å².